The van der Waals surface area contributed by atoms with Crippen molar-refractivity contribution in [2.75, 3.05) is 20.1 Å². The standard InChI is InChI=1S/C29H33BrN2O3S/c1-28-10-9-21(31(2)24(34)8-6-20-14-19(30)16-36-20)27-29(28)11-12-32(15-17-3-4-17)23(28)13-18-5-7-22(33)26(35-27)25(18)29/h5-8,14,16-17,21,23,27,33H,3-4,9-13,15H2,1-2H3/b8-6+/t21-,23+,27-,28-,29-/m0/s1. The van der Waals surface area contributed by atoms with Gasteiger partial charge in [-0.1, -0.05) is 13.0 Å². The van der Waals surface area contributed by atoms with Crippen molar-refractivity contribution in [3.63, 3.8) is 0 Å². The summed E-state index contributed by atoms with van der Waals surface area (Å²) in [6, 6.07) is 6.43. The number of aromatic hydroxyl groups is 1. The van der Waals surface area contributed by atoms with E-state index < -0.39 is 0 Å². The fourth-order valence-corrected chi connectivity index (χ4v) is 9.49. The smallest absolute Gasteiger partial charge is 0.246 e. The summed E-state index contributed by atoms with van der Waals surface area (Å²) < 4.78 is 7.80. The number of carbonyl (C=O) groups excluding carboxylic acids is 1. The van der Waals surface area contributed by atoms with Crippen LogP contribution in [-0.4, -0.2) is 59.1 Å². The highest BCUT2D eigenvalue weighted by Crippen LogP contribution is 2.69. The van der Waals surface area contributed by atoms with E-state index in [-0.39, 0.29) is 34.6 Å². The number of piperidine rings is 1. The van der Waals surface area contributed by atoms with Crippen LogP contribution in [0.1, 0.15) is 55.0 Å². The van der Waals surface area contributed by atoms with E-state index in [1.165, 1.54) is 30.5 Å². The van der Waals surface area contributed by atoms with Gasteiger partial charge in [-0.05, 0) is 96.1 Å². The molecule has 3 fully saturated rings. The number of benzene rings is 1. The summed E-state index contributed by atoms with van der Waals surface area (Å²) in [6.45, 7) is 4.78. The number of phenols is 1. The third-order valence-corrected chi connectivity index (χ3v) is 11.8. The van der Waals surface area contributed by atoms with Gasteiger partial charge in [0.2, 0.25) is 5.91 Å². The van der Waals surface area contributed by atoms with E-state index in [4.69, 9.17) is 4.74 Å². The molecule has 2 aliphatic heterocycles. The van der Waals surface area contributed by atoms with E-state index in [2.05, 4.69) is 33.8 Å². The van der Waals surface area contributed by atoms with Crippen molar-refractivity contribution >= 4 is 39.2 Å². The first-order valence-corrected chi connectivity index (χ1v) is 14.9. The van der Waals surface area contributed by atoms with Gasteiger partial charge in [0.1, 0.15) is 6.10 Å². The van der Waals surface area contributed by atoms with Crippen LogP contribution in [0.4, 0.5) is 0 Å². The first-order valence-electron chi connectivity index (χ1n) is 13.3. The van der Waals surface area contributed by atoms with Gasteiger partial charge >= 0.3 is 0 Å². The molecular weight excluding hydrogens is 536 g/mol. The van der Waals surface area contributed by atoms with Crippen LogP contribution in [0.15, 0.2) is 34.1 Å². The molecule has 7 rings (SSSR count). The number of ether oxygens (including phenoxy) is 1. The van der Waals surface area contributed by atoms with Crippen molar-refractivity contribution in [3.05, 3.63) is 50.1 Å². The number of halogens is 1. The van der Waals surface area contributed by atoms with Gasteiger partial charge in [0.05, 0.1) is 6.04 Å². The van der Waals surface area contributed by atoms with Crippen LogP contribution in [0.2, 0.25) is 0 Å². The van der Waals surface area contributed by atoms with E-state index in [9.17, 15) is 9.90 Å². The highest BCUT2D eigenvalue weighted by Gasteiger charge is 2.71. The molecular formula is C29H33BrN2O3S. The molecule has 5 aliphatic rings. The molecule has 1 aromatic carbocycles. The summed E-state index contributed by atoms with van der Waals surface area (Å²) in [5, 5.41) is 12.9. The van der Waals surface area contributed by atoms with Crippen molar-refractivity contribution in [2.24, 2.45) is 11.3 Å². The maximum atomic E-state index is 13.4. The molecule has 1 amide bonds. The maximum Gasteiger partial charge on any atom is 0.246 e. The largest absolute Gasteiger partial charge is 0.504 e. The molecule has 1 saturated heterocycles. The number of rotatable bonds is 5. The fourth-order valence-electron chi connectivity index (χ4n) is 8.16. The van der Waals surface area contributed by atoms with Crippen LogP contribution >= 0.6 is 27.3 Å². The summed E-state index contributed by atoms with van der Waals surface area (Å²) in [5.41, 5.74) is 2.49. The summed E-state index contributed by atoms with van der Waals surface area (Å²) in [5.74, 6) is 1.80. The lowest BCUT2D eigenvalue weighted by molar-refractivity contribution is -0.150. The average Bonchev–Trinajstić information content (AvgIpc) is 3.46. The van der Waals surface area contributed by atoms with Crippen LogP contribution in [-0.2, 0) is 16.6 Å². The Morgan fingerprint density at radius 2 is 2.17 bits per heavy atom. The van der Waals surface area contributed by atoms with Crippen LogP contribution in [0.25, 0.3) is 6.08 Å². The molecule has 7 heteroatoms. The quantitative estimate of drug-likeness (QED) is 0.477. The first kappa shape index (κ1) is 23.3. The van der Waals surface area contributed by atoms with E-state index in [1.807, 2.05) is 35.5 Å². The molecule has 2 aromatic rings. The summed E-state index contributed by atoms with van der Waals surface area (Å²) >= 11 is 5.10. The molecule has 5 nitrogen and oxygen atoms in total. The van der Waals surface area contributed by atoms with Gasteiger partial charge in [0.15, 0.2) is 11.5 Å². The lowest BCUT2D eigenvalue weighted by atomic mass is 9.43. The van der Waals surface area contributed by atoms with Gasteiger partial charge in [-0.15, -0.1) is 11.3 Å². The van der Waals surface area contributed by atoms with Gasteiger partial charge in [-0.3, -0.25) is 9.69 Å². The van der Waals surface area contributed by atoms with Gasteiger partial charge in [-0.2, -0.15) is 0 Å². The Bertz CT molecular complexity index is 1270. The average molecular weight is 570 g/mol. The molecule has 1 aromatic heterocycles. The van der Waals surface area contributed by atoms with Gasteiger partial charge < -0.3 is 14.7 Å². The van der Waals surface area contributed by atoms with Crippen LogP contribution in [0.3, 0.4) is 0 Å². The fraction of sp³-hybridized carbons (Fsp3) is 0.552. The number of likely N-dealkylation sites (N-methyl/N-ethyl adjacent to an activating group) is 1. The third kappa shape index (κ3) is 3.18. The monoisotopic (exact) mass is 568 g/mol. The van der Waals surface area contributed by atoms with E-state index in [0.717, 1.165) is 47.5 Å². The number of likely N-dealkylation sites (tertiary alicyclic amines) is 1. The maximum absolute atomic E-state index is 13.4. The van der Waals surface area contributed by atoms with Crippen molar-refractivity contribution in [3.8, 4) is 11.5 Å². The van der Waals surface area contributed by atoms with E-state index in [1.54, 1.807) is 17.4 Å². The minimum atomic E-state index is -0.167. The topological polar surface area (TPSA) is 53.0 Å². The number of thiophene rings is 1. The van der Waals surface area contributed by atoms with Crippen molar-refractivity contribution in [1.29, 1.82) is 0 Å². The Balaban J connectivity index is 1.26. The minimum Gasteiger partial charge on any atom is -0.504 e. The number of amides is 1. The SMILES string of the molecule is CN(C(=O)/C=C/c1cc(Br)cs1)[C@H]1CC[C@@]2(C)[C@H]3Cc4ccc(O)c5c4[C@@]2(CCN3CC2CC2)[C@H]1O5. The lowest BCUT2D eigenvalue weighted by Crippen LogP contribution is -2.73. The zero-order valence-corrected chi connectivity index (χ0v) is 23.3. The Labute approximate surface area is 225 Å². The summed E-state index contributed by atoms with van der Waals surface area (Å²) in [4.78, 5) is 19.1. The molecule has 1 spiro atoms. The molecule has 0 radical (unpaired) electrons. The molecule has 3 heterocycles. The highest BCUT2D eigenvalue weighted by molar-refractivity contribution is 9.10. The Morgan fingerprint density at radius 3 is 2.92 bits per heavy atom. The molecule has 36 heavy (non-hydrogen) atoms. The molecule has 3 aliphatic carbocycles. The van der Waals surface area contributed by atoms with Gasteiger partial charge in [-0.25, -0.2) is 0 Å². The molecule has 2 bridgehead atoms. The number of hydrogen-bond donors (Lipinski definition) is 1. The van der Waals surface area contributed by atoms with E-state index in [0.29, 0.717) is 11.8 Å². The second-order valence-electron chi connectivity index (χ2n) is 11.8. The second kappa shape index (κ2) is 8.08. The van der Waals surface area contributed by atoms with Crippen molar-refractivity contribution in [2.45, 2.75) is 69.1 Å². The Hall–Kier alpha value is -1.83. The van der Waals surface area contributed by atoms with Gasteiger partial charge in [0.25, 0.3) is 0 Å². The molecule has 2 saturated carbocycles. The van der Waals surface area contributed by atoms with Crippen LogP contribution in [0, 0.1) is 11.3 Å². The predicted octanol–water partition coefficient (Wildman–Crippen LogP) is 5.60. The molecule has 5 atom stereocenters. The number of phenolic OH excluding ortho intramolecular Hbond substituents is 1. The number of hydrogen-bond acceptors (Lipinski definition) is 5. The highest BCUT2D eigenvalue weighted by atomic mass is 79.9. The summed E-state index contributed by atoms with van der Waals surface area (Å²) in [7, 11) is 1.93. The third-order valence-electron chi connectivity index (χ3n) is 10.1. The van der Waals surface area contributed by atoms with Crippen LogP contribution in [0.5, 0.6) is 11.5 Å². The lowest BCUT2D eigenvalue weighted by Gasteiger charge is -2.66. The number of nitrogens with zero attached hydrogens (tertiary/aromatic N) is 2. The van der Waals surface area contributed by atoms with E-state index >= 15 is 0 Å². The number of carbonyl (C=O) groups is 1. The molecule has 190 valence electrons. The molecule has 1 N–H and O–H groups in total. The minimum absolute atomic E-state index is 0.00653. The van der Waals surface area contributed by atoms with Crippen LogP contribution < -0.4 is 4.74 Å². The first-order chi connectivity index (χ1) is 17.3. The molecule has 0 unspecified atom stereocenters. The second-order valence-corrected chi connectivity index (χ2v) is 13.7. The van der Waals surface area contributed by atoms with Crippen molar-refractivity contribution < 1.29 is 14.6 Å². The summed E-state index contributed by atoms with van der Waals surface area (Å²) in [6.07, 6.45) is 10.2. The Morgan fingerprint density at radius 1 is 1.33 bits per heavy atom. The predicted molar refractivity (Wildman–Crippen MR) is 146 cm³/mol. The Kier molecular flexibility index (Phi) is 5.23. The van der Waals surface area contributed by atoms with Gasteiger partial charge in [0, 0.05) is 51.4 Å². The normalized spacial score (nSPS) is 34.5. The zero-order chi connectivity index (χ0) is 24.8. The van der Waals surface area contributed by atoms with Crippen molar-refractivity contribution in [1.82, 2.24) is 9.80 Å². The zero-order valence-electron chi connectivity index (χ0n) is 20.9.